The quantitative estimate of drug-likeness (QED) is 0.538. The Hall–Kier alpha value is -1.21. The van der Waals surface area contributed by atoms with E-state index in [9.17, 15) is 10.1 Å². The standard InChI is InChI=1S/C14H23BrN4O2/c1-4-18(5-2)8-6-7-11(3)17-14-13(19(20)21)9-12(15)10-16-14/h9-11H,4-8H2,1-3H3,(H,16,17). The molecule has 118 valence electrons. The molecular formula is C14H23BrN4O2. The Balaban J connectivity index is 2.55. The van der Waals surface area contributed by atoms with Gasteiger partial charge in [-0.1, -0.05) is 13.8 Å². The fourth-order valence-corrected chi connectivity index (χ4v) is 2.46. The SMILES string of the molecule is CCN(CC)CCCC(C)Nc1ncc(Br)cc1[N+](=O)[O-]. The third kappa shape index (κ3) is 5.97. The van der Waals surface area contributed by atoms with Crippen LogP contribution in [0, 0.1) is 10.1 Å². The molecule has 0 aliphatic heterocycles. The lowest BCUT2D eigenvalue weighted by molar-refractivity contribution is -0.384. The van der Waals surface area contributed by atoms with E-state index in [-0.39, 0.29) is 11.7 Å². The maximum absolute atomic E-state index is 11.0. The average Bonchev–Trinajstić information content (AvgIpc) is 2.45. The summed E-state index contributed by atoms with van der Waals surface area (Å²) in [6, 6.07) is 1.62. The maximum atomic E-state index is 11.0. The normalized spacial score (nSPS) is 12.4. The van der Waals surface area contributed by atoms with Crippen molar-refractivity contribution in [3.05, 3.63) is 26.9 Å². The second kappa shape index (κ2) is 8.94. The van der Waals surface area contributed by atoms with Crippen molar-refractivity contribution in [3.8, 4) is 0 Å². The molecule has 6 nitrogen and oxygen atoms in total. The molecule has 0 aliphatic rings. The van der Waals surface area contributed by atoms with Crippen LogP contribution in [0.2, 0.25) is 0 Å². The second-order valence-electron chi connectivity index (χ2n) is 4.99. The number of rotatable bonds is 9. The summed E-state index contributed by atoms with van der Waals surface area (Å²) in [6.07, 6.45) is 3.57. The lowest BCUT2D eigenvalue weighted by Gasteiger charge is -2.20. The first-order valence-corrected chi connectivity index (χ1v) is 8.06. The largest absolute Gasteiger partial charge is 0.362 e. The van der Waals surface area contributed by atoms with E-state index in [0.29, 0.717) is 10.3 Å². The van der Waals surface area contributed by atoms with Gasteiger partial charge in [-0.15, -0.1) is 0 Å². The summed E-state index contributed by atoms with van der Waals surface area (Å²) in [6.45, 7) is 9.49. The van der Waals surface area contributed by atoms with Crippen LogP contribution in [-0.2, 0) is 0 Å². The van der Waals surface area contributed by atoms with Crippen LogP contribution in [0.4, 0.5) is 11.5 Å². The molecule has 1 N–H and O–H groups in total. The molecule has 0 bridgehead atoms. The van der Waals surface area contributed by atoms with E-state index < -0.39 is 4.92 Å². The first kappa shape index (κ1) is 17.8. The van der Waals surface area contributed by atoms with Crippen LogP contribution in [-0.4, -0.2) is 40.5 Å². The molecule has 0 saturated carbocycles. The van der Waals surface area contributed by atoms with Crippen LogP contribution >= 0.6 is 15.9 Å². The Morgan fingerprint density at radius 2 is 2.14 bits per heavy atom. The van der Waals surface area contributed by atoms with Gasteiger partial charge in [0.05, 0.1) is 4.92 Å². The van der Waals surface area contributed by atoms with Gasteiger partial charge in [-0.25, -0.2) is 4.98 Å². The molecule has 7 heteroatoms. The van der Waals surface area contributed by atoms with Crippen LogP contribution < -0.4 is 5.32 Å². The summed E-state index contributed by atoms with van der Waals surface area (Å²) in [4.78, 5) is 17.1. The number of nitrogens with zero attached hydrogens (tertiary/aromatic N) is 3. The van der Waals surface area contributed by atoms with E-state index in [1.165, 1.54) is 6.07 Å². The minimum atomic E-state index is -0.414. The topological polar surface area (TPSA) is 71.3 Å². The molecular weight excluding hydrogens is 336 g/mol. The van der Waals surface area contributed by atoms with Crippen LogP contribution in [0.1, 0.15) is 33.6 Å². The van der Waals surface area contributed by atoms with Gasteiger partial charge in [0.1, 0.15) is 0 Å². The molecule has 1 aromatic heterocycles. The van der Waals surface area contributed by atoms with Gasteiger partial charge in [-0.05, 0) is 55.3 Å². The number of anilines is 1. The Morgan fingerprint density at radius 1 is 1.48 bits per heavy atom. The molecule has 1 atom stereocenters. The number of aromatic nitrogens is 1. The van der Waals surface area contributed by atoms with Gasteiger partial charge in [0.15, 0.2) is 0 Å². The van der Waals surface area contributed by atoms with Crippen molar-refractivity contribution in [2.45, 2.75) is 39.7 Å². The van der Waals surface area contributed by atoms with E-state index in [4.69, 9.17) is 0 Å². The van der Waals surface area contributed by atoms with Gasteiger partial charge in [-0.3, -0.25) is 10.1 Å². The molecule has 0 fully saturated rings. The Kier molecular flexibility index (Phi) is 7.60. The molecule has 21 heavy (non-hydrogen) atoms. The first-order chi connectivity index (χ1) is 9.97. The number of hydrogen-bond donors (Lipinski definition) is 1. The van der Waals surface area contributed by atoms with Gasteiger partial charge in [0.25, 0.3) is 0 Å². The Bertz CT molecular complexity index is 466. The van der Waals surface area contributed by atoms with E-state index in [0.717, 1.165) is 32.5 Å². The highest BCUT2D eigenvalue weighted by Crippen LogP contribution is 2.26. The third-order valence-electron chi connectivity index (χ3n) is 3.42. The van der Waals surface area contributed by atoms with Gasteiger partial charge >= 0.3 is 5.69 Å². The number of hydrogen-bond acceptors (Lipinski definition) is 5. The molecule has 1 rings (SSSR count). The summed E-state index contributed by atoms with van der Waals surface area (Å²) in [5.74, 6) is 0.332. The highest BCUT2D eigenvalue weighted by molar-refractivity contribution is 9.10. The molecule has 1 unspecified atom stereocenters. The van der Waals surface area contributed by atoms with Gasteiger partial charge in [-0.2, -0.15) is 0 Å². The van der Waals surface area contributed by atoms with Crippen LogP contribution in [0.5, 0.6) is 0 Å². The Morgan fingerprint density at radius 3 is 2.71 bits per heavy atom. The zero-order chi connectivity index (χ0) is 15.8. The van der Waals surface area contributed by atoms with E-state index in [1.54, 1.807) is 6.20 Å². The molecule has 0 saturated heterocycles. The minimum Gasteiger partial charge on any atom is -0.362 e. The zero-order valence-electron chi connectivity index (χ0n) is 12.8. The highest BCUT2D eigenvalue weighted by atomic mass is 79.9. The predicted molar refractivity (Wildman–Crippen MR) is 88.7 cm³/mol. The smallest absolute Gasteiger partial charge is 0.312 e. The monoisotopic (exact) mass is 358 g/mol. The summed E-state index contributed by atoms with van der Waals surface area (Å²) in [7, 11) is 0. The molecule has 1 aromatic rings. The van der Waals surface area contributed by atoms with Crippen molar-refractivity contribution >= 4 is 27.4 Å². The van der Waals surface area contributed by atoms with E-state index in [1.807, 2.05) is 6.92 Å². The van der Waals surface area contributed by atoms with Crippen molar-refractivity contribution in [1.82, 2.24) is 9.88 Å². The number of nitrogens with one attached hydrogen (secondary N) is 1. The lowest BCUT2D eigenvalue weighted by atomic mass is 10.1. The van der Waals surface area contributed by atoms with E-state index >= 15 is 0 Å². The molecule has 0 spiro atoms. The van der Waals surface area contributed by atoms with Crippen LogP contribution in [0.25, 0.3) is 0 Å². The van der Waals surface area contributed by atoms with Gasteiger partial charge in [0, 0.05) is 22.8 Å². The predicted octanol–water partition coefficient (Wildman–Crippen LogP) is 3.67. The fraction of sp³-hybridized carbons (Fsp3) is 0.643. The number of halogens is 1. The van der Waals surface area contributed by atoms with Crippen molar-refractivity contribution < 1.29 is 4.92 Å². The summed E-state index contributed by atoms with van der Waals surface area (Å²) >= 11 is 3.20. The van der Waals surface area contributed by atoms with Crippen LogP contribution in [0.3, 0.4) is 0 Å². The number of pyridine rings is 1. The van der Waals surface area contributed by atoms with Gasteiger partial charge < -0.3 is 10.2 Å². The van der Waals surface area contributed by atoms with Crippen molar-refractivity contribution in [1.29, 1.82) is 0 Å². The second-order valence-corrected chi connectivity index (χ2v) is 5.91. The molecule has 1 heterocycles. The Labute approximate surface area is 134 Å². The van der Waals surface area contributed by atoms with Crippen molar-refractivity contribution in [3.63, 3.8) is 0 Å². The molecule has 0 aliphatic carbocycles. The summed E-state index contributed by atoms with van der Waals surface area (Å²) in [5, 5.41) is 14.2. The fourth-order valence-electron chi connectivity index (χ4n) is 2.15. The first-order valence-electron chi connectivity index (χ1n) is 7.26. The molecule has 0 aromatic carbocycles. The molecule has 0 radical (unpaired) electrons. The van der Waals surface area contributed by atoms with Crippen molar-refractivity contribution in [2.24, 2.45) is 0 Å². The summed E-state index contributed by atoms with van der Waals surface area (Å²) in [5.41, 5.74) is -0.0000297. The third-order valence-corrected chi connectivity index (χ3v) is 3.85. The average molecular weight is 359 g/mol. The van der Waals surface area contributed by atoms with Gasteiger partial charge in [0.2, 0.25) is 5.82 Å². The molecule has 0 amide bonds. The lowest BCUT2D eigenvalue weighted by Crippen LogP contribution is -2.25. The van der Waals surface area contributed by atoms with Crippen LogP contribution in [0.15, 0.2) is 16.7 Å². The number of nitro groups is 1. The highest BCUT2D eigenvalue weighted by Gasteiger charge is 2.17. The van der Waals surface area contributed by atoms with E-state index in [2.05, 4.69) is 45.0 Å². The zero-order valence-corrected chi connectivity index (χ0v) is 14.4. The van der Waals surface area contributed by atoms with Crippen molar-refractivity contribution in [2.75, 3.05) is 25.0 Å². The maximum Gasteiger partial charge on any atom is 0.312 e. The summed E-state index contributed by atoms with van der Waals surface area (Å²) < 4.78 is 0.605. The minimum absolute atomic E-state index is 0.0000297.